The monoisotopic (exact) mass is 647 g/mol. The van der Waals surface area contributed by atoms with Crippen LogP contribution in [0.4, 0.5) is 16.2 Å². The zero-order valence-corrected chi connectivity index (χ0v) is 21.5. The number of nitrogens with zero attached hydrogens (tertiary/aromatic N) is 2. The Labute approximate surface area is 221 Å². The van der Waals surface area contributed by atoms with Gasteiger partial charge in [-0.2, -0.15) is 0 Å². The maximum absolute atomic E-state index is 13.0. The molecule has 0 aromatic heterocycles. The Morgan fingerprint density at radius 2 is 1.71 bits per heavy atom. The summed E-state index contributed by atoms with van der Waals surface area (Å²) < 4.78 is 7.31. The predicted octanol–water partition coefficient (Wildman–Crippen LogP) is 5.21. The van der Waals surface area contributed by atoms with Gasteiger partial charge < -0.3 is 4.74 Å². The van der Waals surface area contributed by atoms with Crippen molar-refractivity contribution in [1.82, 2.24) is 5.32 Å². The number of hydrogen-bond acceptors (Lipinski definition) is 6. The number of ether oxygens (including phenoxy) is 1. The Balaban J connectivity index is 1.52. The number of anilines is 1. The van der Waals surface area contributed by atoms with Gasteiger partial charge in [-0.15, -0.1) is 0 Å². The van der Waals surface area contributed by atoms with E-state index < -0.39 is 22.8 Å². The smallest absolute Gasteiger partial charge is 0.335 e. The first-order valence-corrected chi connectivity index (χ1v) is 11.9. The van der Waals surface area contributed by atoms with Crippen molar-refractivity contribution in [2.75, 3.05) is 4.90 Å². The Hall–Kier alpha value is -3.58. The van der Waals surface area contributed by atoms with Crippen molar-refractivity contribution in [2.45, 2.75) is 6.61 Å². The first-order chi connectivity index (χ1) is 16.7. The number of carbonyl (C=O) groups is 3. The molecule has 1 N–H and O–H groups in total. The maximum Gasteiger partial charge on any atom is 0.335 e. The summed E-state index contributed by atoms with van der Waals surface area (Å²) in [5.74, 6) is -0.936. The van der Waals surface area contributed by atoms with Crippen LogP contribution in [-0.2, 0) is 16.2 Å². The highest BCUT2D eigenvalue weighted by Gasteiger charge is 2.36. The number of nitrogens with one attached hydrogen (secondary N) is 1. The summed E-state index contributed by atoms with van der Waals surface area (Å²) in [4.78, 5) is 48.9. The molecule has 9 nitrogen and oxygen atoms in total. The second-order valence-electron chi connectivity index (χ2n) is 7.34. The highest BCUT2D eigenvalue weighted by atomic mass is 127. The minimum Gasteiger partial charge on any atom is -0.488 e. The van der Waals surface area contributed by atoms with Crippen LogP contribution < -0.4 is 15.0 Å². The molecule has 0 bridgehead atoms. The number of hydrogen-bond donors (Lipinski definition) is 1. The molecule has 4 rings (SSSR count). The molecule has 1 aliphatic rings. The summed E-state index contributed by atoms with van der Waals surface area (Å²) in [6.45, 7) is 0.208. The number of amides is 4. The van der Waals surface area contributed by atoms with Crippen LogP contribution in [0.25, 0.3) is 6.08 Å². The van der Waals surface area contributed by atoms with E-state index in [1.54, 1.807) is 54.6 Å². The van der Waals surface area contributed by atoms with Gasteiger partial charge in [0, 0.05) is 16.6 Å². The second-order valence-corrected chi connectivity index (χ2v) is 9.41. The summed E-state index contributed by atoms with van der Waals surface area (Å²) in [5.41, 5.74) is 1.49. The number of nitro groups is 1. The minimum absolute atomic E-state index is 0.00224. The molecule has 176 valence electrons. The Kier molecular flexibility index (Phi) is 7.26. The van der Waals surface area contributed by atoms with Crippen LogP contribution >= 0.6 is 38.5 Å². The van der Waals surface area contributed by atoms with Gasteiger partial charge in [-0.05, 0) is 88.3 Å². The van der Waals surface area contributed by atoms with Crippen LogP contribution in [0.15, 0.2) is 76.8 Å². The normalized spacial score (nSPS) is 14.7. The van der Waals surface area contributed by atoms with Gasteiger partial charge >= 0.3 is 6.03 Å². The van der Waals surface area contributed by atoms with Gasteiger partial charge in [-0.25, -0.2) is 9.69 Å². The van der Waals surface area contributed by atoms with Crippen LogP contribution in [0, 0.1) is 13.7 Å². The predicted molar refractivity (Wildman–Crippen MR) is 140 cm³/mol. The lowest BCUT2D eigenvalue weighted by Gasteiger charge is -2.26. The summed E-state index contributed by atoms with van der Waals surface area (Å²) >= 11 is 5.37. The van der Waals surface area contributed by atoms with Gasteiger partial charge in [-0.1, -0.05) is 22.0 Å². The molecule has 3 aromatic rings. The summed E-state index contributed by atoms with van der Waals surface area (Å²) in [6, 6.07) is 16.9. The van der Waals surface area contributed by atoms with Crippen molar-refractivity contribution < 1.29 is 24.0 Å². The minimum atomic E-state index is -0.816. The number of halogens is 2. The van der Waals surface area contributed by atoms with Crippen molar-refractivity contribution in [2.24, 2.45) is 0 Å². The third-order valence-electron chi connectivity index (χ3n) is 4.99. The quantitative estimate of drug-likeness (QED) is 0.129. The van der Waals surface area contributed by atoms with E-state index in [0.717, 1.165) is 18.5 Å². The van der Waals surface area contributed by atoms with Gasteiger partial charge in [-0.3, -0.25) is 25.0 Å². The Bertz CT molecular complexity index is 1370. The molecule has 0 spiro atoms. The number of benzene rings is 3. The molecule has 1 saturated heterocycles. The van der Waals surface area contributed by atoms with Crippen molar-refractivity contribution in [1.29, 1.82) is 0 Å². The van der Waals surface area contributed by atoms with E-state index in [2.05, 4.69) is 43.8 Å². The molecule has 0 atom stereocenters. The average molecular weight is 648 g/mol. The van der Waals surface area contributed by atoms with Crippen LogP contribution in [0.5, 0.6) is 5.75 Å². The highest BCUT2D eigenvalue weighted by molar-refractivity contribution is 14.1. The number of carbonyl (C=O) groups excluding carboxylic acids is 3. The van der Waals surface area contributed by atoms with E-state index in [9.17, 15) is 24.5 Å². The van der Waals surface area contributed by atoms with Crippen molar-refractivity contribution in [3.05, 3.63) is 102 Å². The zero-order valence-electron chi connectivity index (χ0n) is 17.7. The highest BCUT2D eigenvalue weighted by Crippen LogP contribution is 2.27. The third kappa shape index (κ3) is 5.57. The van der Waals surface area contributed by atoms with Gasteiger partial charge in [0.2, 0.25) is 0 Å². The fraction of sp³-hybridized carbons (Fsp3) is 0.0417. The summed E-state index contributed by atoms with van der Waals surface area (Å²) in [7, 11) is 0. The molecule has 0 saturated carbocycles. The molecule has 0 radical (unpaired) electrons. The number of rotatable bonds is 6. The molecule has 1 aliphatic heterocycles. The number of non-ortho nitro benzene ring substituents is 1. The summed E-state index contributed by atoms with van der Waals surface area (Å²) in [5, 5.41) is 13.0. The van der Waals surface area contributed by atoms with Crippen LogP contribution in [0.1, 0.15) is 11.1 Å². The van der Waals surface area contributed by atoms with E-state index in [4.69, 9.17) is 4.74 Å². The van der Waals surface area contributed by atoms with E-state index in [1.165, 1.54) is 18.2 Å². The van der Waals surface area contributed by atoms with Crippen LogP contribution in [0.2, 0.25) is 0 Å². The van der Waals surface area contributed by atoms with Crippen LogP contribution in [-0.4, -0.2) is 22.8 Å². The lowest BCUT2D eigenvalue weighted by atomic mass is 10.1. The molecule has 4 amide bonds. The molecule has 1 fully saturated rings. The number of urea groups is 1. The lowest BCUT2D eigenvalue weighted by Crippen LogP contribution is -2.54. The van der Waals surface area contributed by atoms with E-state index in [-0.39, 0.29) is 17.9 Å². The molecule has 0 unspecified atom stereocenters. The first-order valence-electron chi connectivity index (χ1n) is 10.1. The van der Waals surface area contributed by atoms with E-state index >= 15 is 0 Å². The van der Waals surface area contributed by atoms with Gasteiger partial charge in [0.05, 0.1) is 14.2 Å². The van der Waals surface area contributed by atoms with Gasteiger partial charge in [0.15, 0.2) is 0 Å². The number of barbiturate groups is 1. The molecule has 3 aromatic carbocycles. The molecular weight excluding hydrogens is 633 g/mol. The fourth-order valence-electron chi connectivity index (χ4n) is 3.25. The average Bonchev–Trinajstić information content (AvgIpc) is 2.82. The molecule has 0 aliphatic carbocycles. The third-order valence-corrected chi connectivity index (χ3v) is 6.37. The van der Waals surface area contributed by atoms with Gasteiger partial charge in [0.25, 0.3) is 17.5 Å². The van der Waals surface area contributed by atoms with E-state index in [0.29, 0.717) is 17.0 Å². The summed E-state index contributed by atoms with van der Waals surface area (Å²) in [6.07, 6.45) is 1.41. The first kappa shape index (κ1) is 24.5. The van der Waals surface area contributed by atoms with Gasteiger partial charge in [0.1, 0.15) is 17.9 Å². The standard InChI is InChI=1S/C24H15BrIN3O6/c25-16-4-8-17(9-5-16)28-23(31)19(22(30)27-24(28)32)11-15-3-10-21(20(26)12-15)35-13-14-1-6-18(7-2-14)29(33)34/h1-12H,13H2,(H,27,30,32)/b19-11+. The molecule has 1 heterocycles. The zero-order chi connectivity index (χ0) is 25.1. The number of imide groups is 2. The van der Waals surface area contributed by atoms with Crippen molar-refractivity contribution in [3.8, 4) is 5.75 Å². The lowest BCUT2D eigenvalue weighted by molar-refractivity contribution is -0.384. The Morgan fingerprint density at radius 3 is 2.34 bits per heavy atom. The van der Waals surface area contributed by atoms with Crippen LogP contribution in [0.3, 0.4) is 0 Å². The fourth-order valence-corrected chi connectivity index (χ4v) is 4.21. The molecule has 11 heteroatoms. The maximum atomic E-state index is 13.0. The Morgan fingerprint density at radius 1 is 1.03 bits per heavy atom. The molecular formula is C24H15BrIN3O6. The topological polar surface area (TPSA) is 119 Å². The second kappa shape index (κ2) is 10.4. The van der Waals surface area contributed by atoms with Crippen molar-refractivity contribution >= 4 is 73.8 Å². The van der Waals surface area contributed by atoms with E-state index in [1.807, 2.05) is 0 Å². The number of nitro benzene ring substituents is 1. The van der Waals surface area contributed by atoms with Crippen molar-refractivity contribution in [3.63, 3.8) is 0 Å². The SMILES string of the molecule is O=C1NC(=O)N(c2ccc(Br)cc2)C(=O)/C1=C/c1ccc(OCc2ccc([N+](=O)[O-])cc2)c(I)c1. The largest absolute Gasteiger partial charge is 0.488 e. The molecule has 35 heavy (non-hydrogen) atoms.